The molecule has 376 valence electrons. The van der Waals surface area contributed by atoms with Gasteiger partial charge in [-0.3, -0.25) is 14.8 Å². The molecule has 8 bridgehead atoms. The van der Waals surface area contributed by atoms with Crippen LogP contribution in [0.25, 0.3) is 22.3 Å². The van der Waals surface area contributed by atoms with Gasteiger partial charge in [-0.2, -0.15) is 0 Å². The molecule has 8 nitrogen and oxygen atoms in total. The number of fused-ring (bicyclic) bond motifs is 7. The van der Waals surface area contributed by atoms with E-state index in [-0.39, 0.29) is 47.2 Å². The molecule has 15 rings (SSSR count). The summed E-state index contributed by atoms with van der Waals surface area (Å²) < 4.78 is 0. The van der Waals surface area contributed by atoms with E-state index >= 15 is 0 Å². The van der Waals surface area contributed by atoms with Gasteiger partial charge in [0, 0.05) is 82.0 Å². The van der Waals surface area contributed by atoms with Crippen molar-refractivity contribution in [3.05, 3.63) is 273 Å². The molecule has 6 aromatic carbocycles. The molecule has 7 aliphatic heterocycles. The standard InChI is InChI=1S/C68H62N8.Zn/c1-73-39-65-43-75(37-47-21-9-3-10-22-47)44-66(65,40-73)62-58(50-27-15-6-16-28-50)54-34-36-56(70-54)60(52-31-19-8-20-32-52)64-68-42-74(2)41-67(68,45-76(46-68)38-48-23-11-4-12-24-48)63(72-64)59(51-29-17-7-18-30-51)55-35-33-53(69-55)57(61(65)71-62)49-25-13-5-14-26-49;/h3-36,61,71H,37-46H2,1-2H3;/q-2;+2/b57-53-,59-55-,62-58-,64-60-;. The van der Waals surface area contributed by atoms with Gasteiger partial charge in [-0.05, 0) is 69.8 Å². The minimum absolute atomic E-state index is 0. The zero-order chi connectivity index (χ0) is 50.6. The molecule has 0 radical (unpaired) electrons. The zero-order valence-corrected chi connectivity index (χ0v) is 47.1. The Bertz CT molecular complexity index is 3760. The first-order valence-electron chi connectivity index (χ1n) is 27.3. The second-order valence-corrected chi connectivity index (χ2v) is 23.2. The first-order valence-corrected chi connectivity index (χ1v) is 27.3. The van der Waals surface area contributed by atoms with E-state index in [1.807, 2.05) is 0 Å². The summed E-state index contributed by atoms with van der Waals surface area (Å²) >= 11 is 0. The molecule has 2 aromatic heterocycles. The van der Waals surface area contributed by atoms with Crippen molar-refractivity contribution in [3.8, 4) is 0 Å². The Balaban J connectivity index is 0.00000540. The maximum absolute atomic E-state index is 6.25. The van der Waals surface area contributed by atoms with Crippen LogP contribution in [-0.2, 0) is 32.6 Å². The van der Waals surface area contributed by atoms with Gasteiger partial charge >= 0.3 is 19.5 Å². The molecule has 5 saturated heterocycles. The predicted molar refractivity (Wildman–Crippen MR) is 304 cm³/mol. The SMILES string of the molecule is CN1CC23CN(Cc4ccccc4)CC2(C1)C1=C(\c2ccccc2)c2ccc([n-]2)/C(c2ccccc2)=C2\NC(/C(c4ccccc4)=c4/cc/c([n-]4)=C(c4ccccc4)/C3=N\1)C13CN(C)CC21CN(Cc1ccccc1)C3.[Zn+2]. The van der Waals surface area contributed by atoms with Crippen molar-refractivity contribution >= 4 is 28.0 Å². The predicted octanol–water partition coefficient (Wildman–Crippen LogP) is 8.52. The van der Waals surface area contributed by atoms with Gasteiger partial charge in [-0.15, -0.1) is 22.1 Å². The molecule has 7 aliphatic rings. The molecule has 8 aromatic rings. The summed E-state index contributed by atoms with van der Waals surface area (Å²) in [5, 5.41) is 6.51. The fourth-order valence-electron chi connectivity index (χ4n) is 16.0. The summed E-state index contributed by atoms with van der Waals surface area (Å²) in [6, 6.07) is 75.8. The fourth-order valence-corrected chi connectivity index (χ4v) is 16.0. The van der Waals surface area contributed by atoms with E-state index in [9.17, 15) is 0 Å². The van der Waals surface area contributed by atoms with Crippen LogP contribution in [0.3, 0.4) is 0 Å². The van der Waals surface area contributed by atoms with Gasteiger partial charge in [-0.25, -0.2) is 0 Å². The number of hydrogen-bond acceptors (Lipinski definition) is 6. The number of likely N-dealkylation sites (tertiary alicyclic amines) is 4. The van der Waals surface area contributed by atoms with Crippen molar-refractivity contribution < 1.29 is 19.5 Å². The molecule has 0 amide bonds. The van der Waals surface area contributed by atoms with E-state index in [0.717, 1.165) is 121 Å². The first kappa shape index (κ1) is 48.4. The van der Waals surface area contributed by atoms with Gasteiger partial charge in [0.05, 0.1) is 28.3 Å². The van der Waals surface area contributed by atoms with E-state index in [1.165, 1.54) is 39.1 Å². The van der Waals surface area contributed by atoms with Gasteiger partial charge in [0.2, 0.25) is 0 Å². The number of benzene rings is 6. The van der Waals surface area contributed by atoms with E-state index in [1.54, 1.807) is 0 Å². The van der Waals surface area contributed by atoms with Crippen LogP contribution >= 0.6 is 0 Å². The van der Waals surface area contributed by atoms with E-state index in [4.69, 9.17) is 15.0 Å². The second-order valence-electron chi connectivity index (χ2n) is 23.2. The molecule has 0 aliphatic carbocycles. The molecule has 5 atom stereocenters. The van der Waals surface area contributed by atoms with Crippen molar-refractivity contribution in [2.45, 2.75) is 19.1 Å². The summed E-state index contributed by atoms with van der Waals surface area (Å²) in [6.07, 6.45) is 0. The quantitative estimate of drug-likeness (QED) is 0.153. The fraction of sp³-hybridized carbons (Fsp3) is 0.250. The van der Waals surface area contributed by atoms with Gasteiger partial charge in [-0.1, -0.05) is 206 Å². The van der Waals surface area contributed by atoms with Crippen molar-refractivity contribution in [3.63, 3.8) is 0 Å². The summed E-state index contributed by atoms with van der Waals surface area (Å²) in [7, 11) is 4.67. The van der Waals surface area contributed by atoms with Crippen LogP contribution in [0.2, 0.25) is 0 Å². The van der Waals surface area contributed by atoms with Gasteiger partial charge in [0.15, 0.2) is 0 Å². The summed E-state index contributed by atoms with van der Waals surface area (Å²) in [4.78, 5) is 29.0. The third kappa shape index (κ3) is 7.38. The number of aliphatic imine (C=N–C) groups is 1. The van der Waals surface area contributed by atoms with Gasteiger partial charge in [0.1, 0.15) is 0 Å². The molecule has 77 heavy (non-hydrogen) atoms. The normalized spacial score (nSPS) is 30.1. The van der Waals surface area contributed by atoms with Gasteiger partial charge < -0.3 is 25.1 Å². The number of nitrogens with one attached hydrogen (secondary N) is 1. The Kier molecular flexibility index (Phi) is 11.7. The van der Waals surface area contributed by atoms with Crippen LogP contribution in [-0.4, -0.2) is 97.8 Å². The molecule has 0 spiro atoms. The van der Waals surface area contributed by atoms with Crippen LogP contribution in [0, 0.1) is 21.7 Å². The molecule has 1 N–H and O–H groups in total. The van der Waals surface area contributed by atoms with Crippen molar-refractivity contribution in [1.29, 1.82) is 0 Å². The number of nitrogens with zero attached hydrogens (tertiary/aromatic N) is 7. The van der Waals surface area contributed by atoms with Crippen LogP contribution < -0.4 is 26.0 Å². The maximum atomic E-state index is 6.25. The van der Waals surface area contributed by atoms with Crippen LogP contribution in [0.4, 0.5) is 0 Å². The number of rotatable bonds is 8. The molecule has 0 saturated carbocycles. The molecule has 9 heterocycles. The Morgan fingerprint density at radius 3 is 1.51 bits per heavy atom. The second kappa shape index (κ2) is 18.6. The Morgan fingerprint density at radius 2 is 0.896 bits per heavy atom. The third-order valence-corrected chi connectivity index (χ3v) is 18.6. The molecule has 5 unspecified atom stereocenters. The molecular formula is C68H62N8Zn. The Hall–Kier alpha value is -6.97. The van der Waals surface area contributed by atoms with Crippen LogP contribution in [0.1, 0.15) is 44.8 Å². The van der Waals surface area contributed by atoms with Crippen LogP contribution in [0.5, 0.6) is 0 Å². The minimum Gasteiger partial charge on any atom is -0.657 e. The van der Waals surface area contributed by atoms with Crippen molar-refractivity contribution in [2.24, 2.45) is 26.7 Å². The van der Waals surface area contributed by atoms with E-state index in [2.05, 4.69) is 245 Å². The van der Waals surface area contributed by atoms with Crippen molar-refractivity contribution in [1.82, 2.24) is 34.9 Å². The largest absolute Gasteiger partial charge is 2.00 e. The Morgan fingerprint density at radius 1 is 0.442 bits per heavy atom. The average molecular weight is 1060 g/mol. The monoisotopic (exact) mass is 1050 g/mol. The first-order chi connectivity index (χ1) is 37.3. The summed E-state index contributed by atoms with van der Waals surface area (Å²) in [5.41, 5.74) is 16.3. The number of aromatic nitrogens is 2. The zero-order valence-electron chi connectivity index (χ0n) is 44.1. The van der Waals surface area contributed by atoms with Crippen LogP contribution in [0.15, 0.2) is 223 Å². The summed E-state index contributed by atoms with van der Waals surface area (Å²) in [5.74, 6) is 0. The minimum atomic E-state index is -0.360. The third-order valence-electron chi connectivity index (χ3n) is 18.6. The molecule has 9 heteroatoms. The maximum Gasteiger partial charge on any atom is 2.00 e. The number of hydrogen-bond donors (Lipinski definition) is 1. The Labute approximate surface area is 465 Å². The molecular weight excluding hydrogens is 994 g/mol. The van der Waals surface area contributed by atoms with Crippen molar-refractivity contribution in [2.75, 3.05) is 66.5 Å². The van der Waals surface area contributed by atoms with E-state index < -0.39 is 0 Å². The van der Waals surface area contributed by atoms with E-state index in [0.29, 0.717) is 0 Å². The summed E-state index contributed by atoms with van der Waals surface area (Å²) in [6.45, 7) is 8.95. The van der Waals surface area contributed by atoms with Gasteiger partial charge in [0.25, 0.3) is 0 Å². The topological polar surface area (TPSA) is 65.5 Å². The smallest absolute Gasteiger partial charge is 0.657 e. The average Bonchev–Trinajstić information content (AvgIpc) is 4.30. The molecule has 5 fully saturated rings.